The lowest BCUT2D eigenvalue weighted by Crippen LogP contribution is -2.00. The lowest BCUT2D eigenvalue weighted by molar-refractivity contribution is 0.134. The van der Waals surface area contributed by atoms with Crippen LogP contribution in [0.2, 0.25) is 0 Å². The minimum atomic E-state index is 0.196. The quantitative estimate of drug-likeness (QED) is 0.669. The maximum Gasteiger partial charge on any atom is 0.104 e. The van der Waals surface area contributed by atoms with Crippen LogP contribution >= 0.6 is 0 Å². The zero-order valence-corrected chi connectivity index (χ0v) is 8.08. The summed E-state index contributed by atoms with van der Waals surface area (Å²) in [5.41, 5.74) is 4.00. The standard InChI is InChI=1S/C12H14O/c1-3-9-8-10-6-4-5-7-11(10)12(9)13-2/h4-8,12H,3H2,1-2H3. The second-order valence-corrected chi connectivity index (χ2v) is 3.32. The first-order valence-electron chi connectivity index (χ1n) is 4.69. The summed E-state index contributed by atoms with van der Waals surface area (Å²) in [5.74, 6) is 0. The molecule has 0 spiro atoms. The van der Waals surface area contributed by atoms with Crippen LogP contribution in [0.4, 0.5) is 0 Å². The number of ether oxygens (including phenoxy) is 1. The fraction of sp³-hybridized carbons (Fsp3) is 0.333. The molecule has 1 unspecified atom stereocenters. The van der Waals surface area contributed by atoms with E-state index in [4.69, 9.17) is 4.74 Å². The molecule has 0 bridgehead atoms. The SMILES string of the molecule is CCC1=Cc2ccccc2C1OC. The number of methoxy groups -OCH3 is 1. The molecule has 0 aromatic heterocycles. The molecule has 0 saturated heterocycles. The van der Waals surface area contributed by atoms with Gasteiger partial charge in [-0.1, -0.05) is 37.3 Å². The van der Waals surface area contributed by atoms with Crippen molar-refractivity contribution in [1.82, 2.24) is 0 Å². The number of fused-ring (bicyclic) bond motifs is 1. The Morgan fingerprint density at radius 1 is 1.31 bits per heavy atom. The van der Waals surface area contributed by atoms with Crippen molar-refractivity contribution in [2.24, 2.45) is 0 Å². The van der Waals surface area contributed by atoms with Gasteiger partial charge in [0.2, 0.25) is 0 Å². The first-order chi connectivity index (χ1) is 6.36. The van der Waals surface area contributed by atoms with E-state index in [9.17, 15) is 0 Å². The Morgan fingerprint density at radius 2 is 2.08 bits per heavy atom. The molecule has 1 aromatic rings. The normalized spacial score (nSPS) is 19.8. The molecule has 1 heteroatoms. The molecule has 13 heavy (non-hydrogen) atoms. The van der Waals surface area contributed by atoms with E-state index in [1.54, 1.807) is 7.11 Å². The Labute approximate surface area is 79.0 Å². The maximum atomic E-state index is 5.47. The summed E-state index contributed by atoms with van der Waals surface area (Å²) < 4.78 is 5.47. The maximum absolute atomic E-state index is 5.47. The van der Waals surface area contributed by atoms with Gasteiger partial charge in [-0.25, -0.2) is 0 Å². The van der Waals surface area contributed by atoms with Crippen molar-refractivity contribution in [1.29, 1.82) is 0 Å². The summed E-state index contributed by atoms with van der Waals surface area (Å²) in [4.78, 5) is 0. The van der Waals surface area contributed by atoms with Crippen molar-refractivity contribution in [3.63, 3.8) is 0 Å². The lowest BCUT2D eigenvalue weighted by Gasteiger charge is -2.13. The zero-order chi connectivity index (χ0) is 9.26. The molecule has 0 saturated carbocycles. The van der Waals surface area contributed by atoms with Crippen LogP contribution in [-0.4, -0.2) is 7.11 Å². The Hall–Kier alpha value is -1.08. The first-order valence-corrected chi connectivity index (χ1v) is 4.69. The van der Waals surface area contributed by atoms with Gasteiger partial charge < -0.3 is 4.74 Å². The molecule has 1 aliphatic rings. The van der Waals surface area contributed by atoms with Gasteiger partial charge in [0.05, 0.1) is 0 Å². The van der Waals surface area contributed by atoms with Gasteiger partial charge in [0.1, 0.15) is 6.10 Å². The average Bonchev–Trinajstić information content (AvgIpc) is 2.55. The van der Waals surface area contributed by atoms with Crippen LogP contribution in [0.15, 0.2) is 29.8 Å². The lowest BCUT2D eigenvalue weighted by atomic mass is 10.1. The third-order valence-electron chi connectivity index (χ3n) is 2.60. The Morgan fingerprint density at radius 3 is 2.77 bits per heavy atom. The number of hydrogen-bond acceptors (Lipinski definition) is 1. The summed E-state index contributed by atoms with van der Waals surface area (Å²) in [7, 11) is 1.77. The molecule has 0 fully saturated rings. The molecule has 68 valence electrons. The van der Waals surface area contributed by atoms with Crippen molar-refractivity contribution < 1.29 is 4.74 Å². The van der Waals surface area contributed by atoms with E-state index in [-0.39, 0.29) is 6.10 Å². The number of hydrogen-bond donors (Lipinski definition) is 0. The van der Waals surface area contributed by atoms with Crippen LogP contribution < -0.4 is 0 Å². The molecular weight excluding hydrogens is 160 g/mol. The highest BCUT2D eigenvalue weighted by Crippen LogP contribution is 2.37. The fourth-order valence-electron chi connectivity index (χ4n) is 1.92. The van der Waals surface area contributed by atoms with Gasteiger partial charge in [-0.3, -0.25) is 0 Å². The molecule has 0 amide bonds. The van der Waals surface area contributed by atoms with E-state index in [0.717, 1.165) is 6.42 Å². The van der Waals surface area contributed by atoms with Crippen molar-refractivity contribution in [3.05, 3.63) is 41.0 Å². The van der Waals surface area contributed by atoms with Gasteiger partial charge >= 0.3 is 0 Å². The smallest absolute Gasteiger partial charge is 0.104 e. The van der Waals surface area contributed by atoms with E-state index in [2.05, 4.69) is 37.3 Å². The van der Waals surface area contributed by atoms with E-state index in [1.165, 1.54) is 16.7 Å². The molecule has 1 nitrogen and oxygen atoms in total. The van der Waals surface area contributed by atoms with Gasteiger partial charge in [-0.05, 0) is 23.1 Å². The van der Waals surface area contributed by atoms with Crippen molar-refractivity contribution in [2.45, 2.75) is 19.4 Å². The van der Waals surface area contributed by atoms with Crippen LogP contribution in [0, 0.1) is 0 Å². The molecule has 0 aliphatic heterocycles. The molecule has 1 aromatic carbocycles. The Kier molecular flexibility index (Phi) is 2.19. The second kappa shape index (κ2) is 3.35. The van der Waals surface area contributed by atoms with Crippen molar-refractivity contribution in [2.75, 3.05) is 7.11 Å². The number of rotatable bonds is 2. The van der Waals surface area contributed by atoms with E-state index >= 15 is 0 Å². The average molecular weight is 174 g/mol. The minimum Gasteiger partial charge on any atom is -0.372 e. The van der Waals surface area contributed by atoms with Gasteiger partial charge in [0.25, 0.3) is 0 Å². The third-order valence-corrected chi connectivity index (χ3v) is 2.60. The van der Waals surface area contributed by atoms with E-state index in [0.29, 0.717) is 0 Å². The topological polar surface area (TPSA) is 9.23 Å². The largest absolute Gasteiger partial charge is 0.372 e. The van der Waals surface area contributed by atoms with Crippen LogP contribution in [-0.2, 0) is 4.74 Å². The minimum absolute atomic E-state index is 0.196. The monoisotopic (exact) mass is 174 g/mol. The highest BCUT2D eigenvalue weighted by atomic mass is 16.5. The predicted octanol–water partition coefficient (Wildman–Crippen LogP) is 3.18. The van der Waals surface area contributed by atoms with Crippen LogP contribution in [0.5, 0.6) is 0 Å². The molecule has 0 radical (unpaired) electrons. The van der Waals surface area contributed by atoms with Crippen LogP contribution in [0.25, 0.3) is 6.08 Å². The fourth-order valence-corrected chi connectivity index (χ4v) is 1.92. The summed E-state index contributed by atoms with van der Waals surface area (Å²) in [6.07, 6.45) is 3.50. The van der Waals surface area contributed by atoms with Crippen LogP contribution in [0.3, 0.4) is 0 Å². The van der Waals surface area contributed by atoms with Gasteiger partial charge in [0.15, 0.2) is 0 Å². The van der Waals surface area contributed by atoms with Gasteiger partial charge in [0, 0.05) is 7.11 Å². The predicted molar refractivity (Wildman–Crippen MR) is 54.5 cm³/mol. The molecular formula is C12H14O. The second-order valence-electron chi connectivity index (χ2n) is 3.32. The Balaban J connectivity index is 2.44. The highest BCUT2D eigenvalue weighted by molar-refractivity contribution is 5.65. The summed E-state index contributed by atoms with van der Waals surface area (Å²) in [6, 6.07) is 8.42. The van der Waals surface area contributed by atoms with Crippen molar-refractivity contribution in [3.8, 4) is 0 Å². The van der Waals surface area contributed by atoms with Gasteiger partial charge in [-0.2, -0.15) is 0 Å². The molecule has 0 heterocycles. The molecule has 1 aliphatic carbocycles. The van der Waals surface area contributed by atoms with Crippen molar-refractivity contribution >= 4 is 6.08 Å². The van der Waals surface area contributed by atoms with Crippen LogP contribution in [0.1, 0.15) is 30.6 Å². The van der Waals surface area contributed by atoms with Gasteiger partial charge in [-0.15, -0.1) is 0 Å². The van der Waals surface area contributed by atoms with E-state index in [1.807, 2.05) is 0 Å². The zero-order valence-electron chi connectivity index (χ0n) is 8.08. The molecule has 2 rings (SSSR count). The molecule has 0 N–H and O–H groups in total. The summed E-state index contributed by atoms with van der Waals surface area (Å²) in [6.45, 7) is 2.17. The summed E-state index contributed by atoms with van der Waals surface area (Å²) >= 11 is 0. The third kappa shape index (κ3) is 1.29. The summed E-state index contributed by atoms with van der Waals surface area (Å²) in [5, 5.41) is 0. The number of benzene rings is 1. The van der Waals surface area contributed by atoms with E-state index < -0.39 is 0 Å². The first kappa shape index (κ1) is 8.52. The Bertz CT molecular complexity index is 339. The molecule has 1 atom stereocenters. The highest BCUT2D eigenvalue weighted by Gasteiger charge is 2.22.